The Kier molecular flexibility index (Phi) is 5.79. The number of hydrogen-bond acceptors (Lipinski definition) is 3. The fourth-order valence-corrected chi connectivity index (χ4v) is 5.92. The molecule has 3 nitrogen and oxygen atoms in total. The van der Waals surface area contributed by atoms with Crippen LogP contribution in [0.25, 0.3) is 0 Å². The summed E-state index contributed by atoms with van der Waals surface area (Å²) in [6.07, 6.45) is 0. The zero-order valence-electron chi connectivity index (χ0n) is 8.01. The average molecular weight is 241 g/mol. The number of rotatable bonds is 5. The Balaban J connectivity index is 4.05. The molecule has 0 spiro atoms. The molecule has 0 unspecified atom stereocenters. The van der Waals surface area contributed by atoms with Crippen LogP contribution in [-0.2, 0) is 30.0 Å². The van der Waals surface area contributed by atoms with Gasteiger partial charge in [0, 0.05) is 0 Å². The van der Waals surface area contributed by atoms with Crippen molar-refractivity contribution < 1.29 is 30.0 Å². The Hall–Kier alpha value is 0.763. The third kappa shape index (κ3) is 3.79. The third-order valence-corrected chi connectivity index (χ3v) is 9.41. The van der Waals surface area contributed by atoms with Crippen molar-refractivity contribution in [2.75, 3.05) is 21.3 Å². The Morgan fingerprint density at radius 3 is 1.45 bits per heavy atom. The minimum atomic E-state index is -3.01. The van der Waals surface area contributed by atoms with Gasteiger partial charge >= 0.3 is 75.3 Å². The topological polar surface area (TPSA) is 27.7 Å². The minimum absolute atomic E-state index is 0.575. The van der Waals surface area contributed by atoms with E-state index in [1.165, 1.54) is 0 Å². The van der Waals surface area contributed by atoms with Crippen LogP contribution in [0.1, 0.15) is 13.8 Å². The molecule has 0 aromatic carbocycles. The molecular formula is C7H18O3Zr. The average Bonchev–Trinajstić information content (AvgIpc) is 2.00. The molecule has 0 aliphatic heterocycles. The Morgan fingerprint density at radius 2 is 1.36 bits per heavy atom. The molecule has 0 aliphatic rings. The first-order valence-electron chi connectivity index (χ1n) is 3.75. The van der Waals surface area contributed by atoms with Crippen LogP contribution in [0.4, 0.5) is 0 Å². The second-order valence-corrected chi connectivity index (χ2v) is 10.3. The van der Waals surface area contributed by atoms with Gasteiger partial charge in [-0.25, -0.2) is 0 Å². The van der Waals surface area contributed by atoms with Crippen molar-refractivity contribution in [2.45, 2.75) is 18.0 Å². The van der Waals surface area contributed by atoms with E-state index in [9.17, 15) is 0 Å². The molecule has 0 aromatic heterocycles. The van der Waals surface area contributed by atoms with E-state index in [1.807, 2.05) is 0 Å². The van der Waals surface area contributed by atoms with E-state index in [0.717, 1.165) is 4.13 Å². The zero-order valence-corrected chi connectivity index (χ0v) is 10.5. The monoisotopic (exact) mass is 240 g/mol. The van der Waals surface area contributed by atoms with Crippen LogP contribution < -0.4 is 0 Å². The molecule has 0 fully saturated rings. The van der Waals surface area contributed by atoms with Gasteiger partial charge in [-0.1, -0.05) is 0 Å². The molecule has 4 heteroatoms. The van der Waals surface area contributed by atoms with Crippen LogP contribution >= 0.6 is 0 Å². The van der Waals surface area contributed by atoms with Gasteiger partial charge in [0.15, 0.2) is 0 Å². The summed E-state index contributed by atoms with van der Waals surface area (Å²) < 4.78 is 16.9. The van der Waals surface area contributed by atoms with Crippen molar-refractivity contribution in [2.24, 2.45) is 5.92 Å². The summed E-state index contributed by atoms with van der Waals surface area (Å²) in [7, 11) is 5.02. The Labute approximate surface area is 75.3 Å². The Morgan fingerprint density at radius 1 is 1.00 bits per heavy atom. The standard InChI is InChI=1S/C4H9.3CH3O.Zr/c1-4(2)3;3*1-2;/h4H,1H2,2-3H3;3*1H3;/q;3*-1;+3. The third-order valence-electron chi connectivity index (χ3n) is 1.59. The van der Waals surface area contributed by atoms with Gasteiger partial charge in [0.05, 0.1) is 0 Å². The van der Waals surface area contributed by atoms with Crippen molar-refractivity contribution in [3.05, 3.63) is 0 Å². The van der Waals surface area contributed by atoms with Crippen LogP contribution in [0.15, 0.2) is 0 Å². The predicted molar refractivity (Wildman–Crippen MR) is 40.7 cm³/mol. The Bertz CT molecular complexity index is 93.6. The van der Waals surface area contributed by atoms with Crippen LogP contribution in [0.5, 0.6) is 0 Å². The maximum atomic E-state index is 5.31. The van der Waals surface area contributed by atoms with E-state index in [2.05, 4.69) is 13.8 Å². The van der Waals surface area contributed by atoms with Crippen molar-refractivity contribution in [1.29, 1.82) is 0 Å². The SMILES string of the molecule is C[O][Zr]([CH2]C(C)C)([O]C)[O]C. The molecule has 0 radical (unpaired) electrons. The molecular weight excluding hydrogens is 223 g/mol. The summed E-state index contributed by atoms with van der Waals surface area (Å²) in [6, 6.07) is 0. The van der Waals surface area contributed by atoms with Gasteiger partial charge in [-0.15, -0.1) is 0 Å². The summed E-state index contributed by atoms with van der Waals surface area (Å²) in [4.78, 5) is 0. The molecule has 0 rings (SSSR count). The molecule has 11 heavy (non-hydrogen) atoms. The summed E-state index contributed by atoms with van der Waals surface area (Å²) in [5.41, 5.74) is 0. The quantitative estimate of drug-likeness (QED) is 0.736. The van der Waals surface area contributed by atoms with Gasteiger partial charge in [0.2, 0.25) is 0 Å². The van der Waals surface area contributed by atoms with Crippen LogP contribution in [-0.4, -0.2) is 21.3 Å². The van der Waals surface area contributed by atoms with E-state index < -0.39 is 21.6 Å². The predicted octanol–water partition coefficient (Wildman–Crippen LogP) is 1.90. The molecule has 0 saturated carbocycles. The summed E-state index contributed by atoms with van der Waals surface area (Å²) in [5.74, 6) is 0.575. The van der Waals surface area contributed by atoms with Crippen LogP contribution in [0, 0.1) is 5.92 Å². The van der Waals surface area contributed by atoms with Gasteiger partial charge in [0.25, 0.3) is 0 Å². The molecule has 0 N–H and O–H groups in total. The number of hydrogen-bond donors (Lipinski definition) is 0. The van der Waals surface area contributed by atoms with Crippen LogP contribution in [0.2, 0.25) is 4.13 Å². The first kappa shape index (κ1) is 11.8. The molecule has 0 heterocycles. The van der Waals surface area contributed by atoms with Gasteiger partial charge in [0.1, 0.15) is 0 Å². The molecule has 68 valence electrons. The molecule has 0 bridgehead atoms. The van der Waals surface area contributed by atoms with Gasteiger partial charge in [-0.3, -0.25) is 0 Å². The van der Waals surface area contributed by atoms with E-state index in [4.69, 9.17) is 8.44 Å². The van der Waals surface area contributed by atoms with Gasteiger partial charge < -0.3 is 0 Å². The summed E-state index contributed by atoms with van der Waals surface area (Å²) in [6.45, 7) is 4.28. The van der Waals surface area contributed by atoms with Crippen molar-refractivity contribution in [3.63, 3.8) is 0 Å². The van der Waals surface area contributed by atoms with Crippen molar-refractivity contribution in [1.82, 2.24) is 0 Å². The molecule has 0 saturated heterocycles. The fourth-order valence-electron chi connectivity index (χ4n) is 1.00. The maximum absolute atomic E-state index is 5.31. The van der Waals surface area contributed by atoms with E-state index in [1.54, 1.807) is 21.3 Å². The second kappa shape index (κ2) is 5.42. The molecule has 0 aromatic rings. The summed E-state index contributed by atoms with van der Waals surface area (Å²) in [5, 5.41) is 0. The molecule has 0 amide bonds. The van der Waals surface area contributed by atoms with E-state index in [-0.39, 0.29) is 0 Å². The normalized spacial score (nSPS) is 12.5. The zero-order chi connectivity index (χ0) is 8.91. The summed E-state index contributed by atoms with van der Waals surface area (Å²) >= 11 is -3.01. The molecule has 0 aliphatic carbocycles. The van der Waals surface area contributed by atoms with E-state index >= 15 is 0 Å². The van der Waals surface area contributed by atoms with Crippen molar-refractivity contribution in [3.8, 4) is 0 Å². The molecule has 0 atom stereocenters. The van der Waals surface area contributed by atoms with Gasteiger partial charge in [-0.2, -0.15) is 0 Å². The van der Waals surface area contributed by atoms with Gasteiger partial charge in [-0.05, 0) is 0 Å². The van der Waals surface area contributed by atoms with E-state index in [0.29, 0.717) is 5.92 Å². The fraction of sp³-hybridized carbons (Fsp3) is 1.00. The first-order valence-corrected chi connectivity index (χ1v) is 8.50. The van der Waals surface area contributed by atoms with Crippen molar-refractivity contribution >= 4 is 0 Å². The second-order valence-electron chi connectivity index (χ2n) is 2.89. The van der Waals surface area contributed by atoms with Crippen LogP contribution in [0.3, 0.4) is 0 Å². The first-order chi connectivity index (χ1) is 5.10.